The fraction of sp³-hybridized carbons (Fsp3) is 0.375. The van der Waals surface area contributed by atoms with Gasteiger partial charge in [0.05, 0.1) is 5.56 Å². The molecule has 0 aliphatic carbocycles. The molecule has 134 valence electrons. The van der Waals surface area contributed by atoms with Crippen molar-refractivity contribution in [1.29, 1.82) is 0 Å². The number of rotatable bonds is 2. The van der Waals surface area contributed by atoms with E-state index in [1.54, 1.807) is 12.1 Å². The minimum Gasteiger partial charge on any atom is -0.368 e. The van der Waals surface area contributed by atoms with Gasteiger partial charge in [-0.1, -0.05) is 11.6 Å². The van der Waals surface area contributed by atoms with E-state index >= 15 is 0 Å². The standard InChI is InChI=1S/C16H16ClF3N4O/c1-22-10-13(14(21-22)16(18,19)20)15(25)24-8-6-23(7-9-24)12-4-2-11(17)3-5-12/h2-5,10H,6-9H2,1H3. The predicted molar refractivity (Wildman–Crippen MR) is 87.8 cm³/mol. The van der Waals surface area contributed by atoms with Gasteiger partial charge in [0.25, 0.3) is 5.91 Å². The molecule has 1 saturated heterocycles. The van der Waals surface area contributed by atoms with Gasteiger partial charge in [-0.3, -0.25) is 9.48 Å². The number of nitrogens with zero attached hydrogens (tertiary/aromatic N) is 4. The molecule has 1 amide bonds. The van der Waals surface area contributed by atoms with Crippen LogP contribution < -0.4 is 4.90 Å². The lowest BCUT2D eigenvalue weighted by Crippen LogP contribution is -2.49. The molecule has 25 heavy (non-hydrogen) atoms. The van der Waals surface area contributed by atoms with Gasteiger partial charge in [-0.25, -0.2) is 0 Å². The van der Waals surface area contributed by atoms with Crippen molar-refractivity contribution >= 4 is 23.2 Å². The van der Waals surface area contributed by atoms with Crippen molar-refractivity contribution in [3.8, 4) is 0 Å². The summed E-state index contributed by atoms with van der Waals surface area (Å²) in [7, 11) is 1.37. The Bertz CT molecular complexity index is 765. The highest BCUT2D eigenvalue weighted by Gasteiger charge is 2.40. The van der Waals surface area contributed by atoms with Crippen molar-refractivity contribution < 1.29 is 18.0 Å². The Kier molecular flexibility index (Phi) is 4.64. The maximum absolute atomic E-state index is 13.0. The zero-order chi connectivity index (χ0) is 18.2. The monoisotopic (exact) mass is 372 g/mol. The summed E-state index contributed by atoms with van der Waals surface area (Å²) in [6.07, 6.45) is -3.53. The molecule has 1 aliphatic rings. The zero-order valence-electron chi connectivity index (χ0n) is 13.4. The lowest BCUT2D eigenvalue weighted by Gasteiger charge is -2.36. The van der Waals surface area contributed by atoms with E-state index in [1.165, 1.54) is 11.9 Å². The highest BCUT2D eigenvalue weighted by atomic mass is 35.5. The number of alkyl halides is 3. The predicted octanol–water partition coefficient (Wildman–Crippen LogP) is 3.05. The molecule has 0 unspecified atom stereocenters. The second-order valence-electron chi connectivity index (χ2n) is 5.82. The van der Waals surface area contributed by atoms with Crippen molar-refractivity contribution in [1.82, 2.24) is 14.7 Å². The molecule has 1 aliphatic heterocycles. The van der Waals surface area contributed by atoms with Crippen LogP contribution in [0.3, 0.4) is 0 Å². The Morgan fingerprint density at radius 1 is 1.12 bits per heavy atom. The third kappa shape index (κ3) is 3.73. The first-order valence-electron chi connectivity index (χ1n) is 7.66. The molecular weight excluding hydrogens is 357 g/mol. The van der Waals surface area contributed by atoms with Crippen LogP contribution in [-0.4, -0.2) is 46.8 Å². The summed E-state index contributed by atoms with van der Waals surface area (Å²) in [5.41, 5.74) is -0.580. The average Bonchev–Trinajstić information content (AvgIpc) is 2.97. The number of aryl methyl sites for hydroxylation is 1. The fourth-order valence-corrected chi connectivity index (χ4v) is 2.97. The summed E-state index contributed by atoms with van der Waals surface area (Å²) >= 11 is 5.87. The largest absolute Gasteiger partial charge is 0.435 e. The SMILES string of the molecule is Cn1cc(C(=O)N2CCN(c3ccc(Cl)cc3)CC2)c(C(F)(F)F)n1. The minimum absolute atomic E-state index is 0.341. The van der Waals surface area contributed by atoms with E-state index in [1.807, 2.05) is 12.1 Å². The normalized spacial score (nSPS) is 15.6. The zero-order valence-corrected chi connectivity index (χ0v) is 14.2. The number of aromatic nitrogens is 2. The summed E-state index contributed by atoms with van der Waals surface area (Å²) in [4.78, 5) is 16.0. The van der Waals surface area contributed by atoms with Gasteiger partial charge in [-0.2, -0.15) is 18.3 Å². The van der Waals surface area contributed by atoms with Crippen LogP contribution in [0.2, 0.25) is 5.02 Å². The van der Waals surface area contributed by atoms with Crippen LogP contribution in [0.15, 0.2) is 30.5 Å². The van der Waals surface area contributed by atoms with Crippen molar-refractivity contribution in [2.75, 3.05) is 31.1 Å². The average molecular weight is 373 g/mol. The molecule has 0 bridgehead atoms. The Morgan fingerprint density at radius 2 is 1.72 bits per heavy atom. The highest BCUT2D eigenvalue weighted by Crippen LogP contribution is 2.31. The molecule has 2 aromatic rings. The van der Waals surface area contributed by atoms with E-state index in [-0.39, 0.29) is 0 Å². The first-order valence-corrected chi connectivity index (χ1v) is 8.04. The Balaban J connectivity index is 1.71. The van der Waals surface area contributed by atoms with Crippen LogP contribution >= 0.6 is 11.6 Å². The van der Waals surface area contributed by atoms with Crippen LogP contribution in [0.25, 0.3) is 0 Å². The molecule has 0 N–H and O–H groups in total. The molecule has 1 fully saturated rings. The summed E-state index contributed by atoms with van der Waals surface area (Å²) < 4.78 is 40.1. The lowest BCUT2D eigenvalue weighted by atomic mass is 10.2. The van der Waals surface area contributed by atoms with Crippen LogP contribution in [0.5, 0.6) is 0 Å². The van der Waals surface area contributed by atoms with Gasteiger partial charge in [0.2, 0.25) is 0 Å². The van der Waals surface area contributed by atoms with Gasteiger partial charge in [0, 0.05) is 50.1 Å². The van der Waals surface area contributed by atoms with Gasteiger partial charge in [-0.05, 0) is 24.3 Å². The van der Waals surface area contributed by atoms with Crippen LogP contribution in [0.1, 0.15) is 16.1 Å². The number of amides is 1. The third-order valence-electron chi connectivity index (χ3n) is 4.09. The number of halogens is 4. The molecule has 1 aromatic carbocycles. The van der Waals surface area contributed by atoms with E-state index in [9.17, 15) is 18.0 Å². The number of anilines is 1. The second kappa shape index (κ2) is 6.59. The number of benzene rings is 1. The Labute approximate surface area is 147 Å². The topological polar surface area (TPSA) is 41.4 Å². The lowest BCUT2D eigenvalue weighted by molar-refractivity contribution is -0.141. The van der Waals surface area contributed by atoms with Crippen LogP contribution in [0, 0.1) is 0 Å². The van der Waals surface area contributed by atoms with E-state index < -0.39 is 23.3 Å². The van der Waals surface area contributed by atoms with E-state index in [0.29, 0.717) is 31.2 Å². The van der Waals surface area contributed by atoms with E-state index in [4.69, 9.17) is 11.6 Å². The highest BCUT2D eigenvalue weighted by molar-refractivity contribution is 6.30. The van der Waals surface area contributed by atoms with E-state index in [0.717, 1.165) is 16.6 Å². The maximum atomic E-state index is 13.0. The molecule has 9 heteroatoms. The molecule has 5 nitrogen and oxygen atoms in total. The molecule has 1 aromatic heterocycles. The van der Waals surface area contributed by atoms with Crippen LogP contribution in [0.4, 0.5) is 18.9 Å². The number of carbonyl (C=O) groups is 1. The van der Waals surface area contributed by atoms with Crippen LogP contribution in [-0.2, 0) is 13.2 Å². The molecule has 0 saturated carbocycles. The first kappa shape index (κ1) is 17.6. The molecule has 0 atom stereocenters. The summed E-state index contributed by atoms with van der Waals surface area (Å²) in [5, 5.41) is 4.02. The van der Waals surface area contributed by atoms with Crippen molar-refractivity contribution in [2.45, 2.75) is 6.18 Å². The first-order chi connectivity index (χ1) is 11.8. The maximum Gasteiger partial charge on any atom is 0.435 e. The molecular formula is C16H16ClF3N4O. The number of carbonyl (C=O) groups excluding carboxylic acids is 1. The van der Waals surface area contributed by atoms with Gasteiger partial charge in [-0.15, -0.1) is 0 Å². The molecule has 0 radical (unpaired) electrons. The molecule has 0 spiro atoms. The van der Waals surface area contributed by atoms with Crippen molar-refractivity contribution in [3.63, 3.8) is 0 Å². The van der Waals surface area contributed by atoms with Gasteiger partial charge < -0.3 is 9.80 Å². The number of piperazine rings is 1. The summed E-state index contributed by atoms with van der Waals surface area (Å²) in [5.74, 6) is -0.642. The van der Waals surface area contributed by atoms with Crippen molar-refractivity contribution in [3.05, 3.63) is 46.7 Å². The summed E-state index contributed by atoms with van der Waals surface area (Å²) in [6, 6.07) is 7.31. The van der Waals surface area contributed by atoms with Gasteiger partial charge >= 0.3 is 6.18 Å². The Hall–Kier alpha value is -2.22. The third-order valence-corrected chi connectivity index (χ3v) is 4.34. The minimum atomic E-state index is -4.66. The molecule has 3 rings (SSSR count). The fourth-order valence-electron chi connectivity index (χ4n) is 2.84. The smallest absolute Gasteiger partial charge is 0.368 e. The number of hydrogen-bond acceptors (Lipinski definition) is 3. The number of hydrogen-bond donors (Lipinski definition) is 0. The van der Waals surface area contributed by atoms with Crippen molar-refractivity contribution in [2.24, 2.45) is 7.05 Å². The van der Waals surface area contributed by atoms with Gasteiger partial charge in [0.15, 0.2) is 5.69 Å². The van der Waals surface area contributed by atoms with E-state index in [2.05, 4.69) is 10.00 Å². The van der Waals surface area contributed by atoms with Gasteiger partial charge in [0.1, 0.15) is 0 Å². The summed E-state index contributed by atoms with van der Waals surface area (Å²) in [6.45, 7) is 1.76. The quantitative estimate of drug-likeness (QED) is 0.813. The Morgan fingerprint density at radius 3 is 2.28 bits per heavy atom. The molecule has 2 heterocycles. The second-order valence-corrected chi connectivity index (χ2v) is 6.25.